The average molecular weight is 512 g/mol. The number of nitrogens with zero attached hydrogens (tertiary/aromatic N) is 3. The first kappa shape index (κ1) is 23.1. The van der Waals surface area contributed by atoms with E-state index in [1.54, 1.807) is 13.1 Å². The molecule has 0 amide bonds. The molecule has 9 heteroatoms. The lowest BCUT2D eigenvalue weighted by molar-refractivity contribution is -0.138. The van der Waals surface area contributed by atoms with E-state index in [-0.39, 0.29) is 36.3 Å². The molecule has 158 valence electrons. The summed E-state index contributed by atoms with van der Waals surface area (Å²) in [4.78, 5) is 9.07. The highest BCUT2D eigenvalue weighted by molar-refractivity contribution is 14.0. The van der Waals surface area contributed by atoms with Crippen LogP contribution < -0.4 is 10.1 Å². The Morgan fingerprint density at radius 2 is 1.93 bits per heavy atom. The molecule has 0 bridgehead atoms. The van der Waals surface area contributed by atoms with Gasteiger partial charge in [-0.2, -0.15) is 13.2 Å². The Kier molecular flexibility index (Phi) is 8.66. The molecule has 3 rings (SSSR count). The third kappa shape index (κ3) is 5.88. The number of aliphatic imine (C=N–C) groups is 1. The zero-order valence-corrected chi connectivity index (χ0v) is 18.4. The van der Waals surface area contributed by atoms with Crippen LogP contribution in [-0.4, -0.2) is 68.2 Å². The minimum Gasteiger partial charge on any atom is -0.491 e. The van der Waals surface area contributed by atoms with E-state index < -0.39 is 11.7 Å². The second-order valence-electron chi connectivity index (χ2n) is 6.95. The van der Waals surface area contributed by atoms with Gasteiger partial charge in [0, 0.05) is 26.2 Å². The quantitative estimate of drug-likeness (QED) is 0.284. The molecule has 0 aliphatic carbocycles. The molecule has 5 nitrogen and oxygen atoms in total. The molecule has 0 aromatic heterocycles. The molecule has 0 radical (unpaired) electrons. The third-order valence-corrected chi connectivity index (χ3v) is 5.17. The number of guanidine groups is 1. The van der Waals surface area contributed by atoms with E-state index >= 15 is 0 Å². The summed E-state index contributed by atoms with van der Waals surface area (Å²) in [7, 11) is 1.73. The van der Waals surface area contributed by atoms with Crippen molar-refractivity contribution >= 4 is 29.9 Å². The molecule has 1 N–H and O–H groups in total. The lowest BCUT2D eigenvalue weighted by Crippen LogP contribution is -2.43. The Bertz CT molecular complexity index is 650. The van der Waals surface area contributed by atoms with E-state index in [1.165, 1.54) is 38.1 Å². The van der Waals surface area contributed by atoms with Crippen LogP contribution >= 0.6 is 24.0 Å². The zero-order valence-electron chi connectivity index (χ0n) is 16.0. The predicted octanol–water partition coefficient (Wildman–Crippen LogP) is 3.45. The van der Waals surface area contributed by atoms with Gasteiger partial charge in [0.2, 0.25) is 0 Å². The van der Waals surface area contributed by atoms with Gasteiger partial charge >= 0.3 is 6.18 Å². The van der Waals surface area contributed by atoms with Crippen LogP contribution in [0, 0.1) is 0 Å². The third-order valence-electron chi connectivity index (χ3n) is 5.17. The molecule has 2 saturated heterocycles. The predicted molar refractivity (Wildman–Crippen MR) is 115 cm³/mol. The first-order valence-electron chi connectivity index (χ1n) is 9.47. The number of para-hydroxylation sites is 1. The molecule has 2 fully saturated rings. The van der Waals surface area contributed by atoms with E-state index in [1.807, 2.05) is 0 Å². The highest BCUT2D eigenvalue weighted by atomic mass is 127. The number of benzene rings is 1. The van der Waals surface area contributed by atoms with Crippen molar-refractivity contribution in [3.63, 3.8) is 0 Å². The number of likely N-dealkylation sites (tertiary alicyclic amines) is 2. The van der Waals surface area contributed by atoms with E-state index in [0.29, 0.717) is 12.6 Å². The van der Waals surface area contributed by atoms with Gasteiger partial charge in [-0.1, -0.05) is 12.1 Å². The number of alkyl halides is 3. The Morgan fingerprint density at radius 1 is 1.21 bits per heavy atom. The molecular formula is C19H28F3IN4O. The molecule has 2 heterocycles. The van der Waals surface area contributed by atoms with Gasteiger partial charge in [0.15, 0.2) is 5.96 Å². The Labute approximate surface area is 181 Å². The van der Waals surface area contributed by atoms with Crippen molar-refractivity contribution in [1.29, 1.82) is 0 Å². The van der Waals surface area contributed by atoms with Crippen LogP contribution in [0.15, 0.2) is 29.3 Å². The number of hydrogen-bond donors (Lipinski definition) is 1. The van der Waals surface area contributed by atoms with Gasteiger partial charge in [-0.25, -0.2) is 0 Å². The lowest BCUT2D eigenvalue weighted by Gasteiger charge is -2.25. The molecule has 1 unspecified atom stereocenters. The normalized spacial score (nSPS) is 20.9. The molecule has 2 aliphatic heterocycles. The Balaban J connectivity index is 0.00000280. The Morgan fingerprint density at radius 3 is 2.61 bits per heavy atom. The second kappa shape index (κ2) is 10.5. The fourth-order valence-electron chi connectivity index (χ4n) is 3.82. The lowest BCUT2D eigenvalue weighted by atomic mass is 10.2. The van der Waals surface area contributed by atoms with E-state index in [2.05, 4.69) is 20.1 Å². The molecule has 2 aliphatic rings. The number of halogens is 4. The zero-order chi connectivity index (χ0) is 19.3. The maximum Gasteiger partial charge on any atom is 0.419 e. The summed E-state index contributed by atoms with van der Waals surface area (Å²) in [6.45, 7) is 4.77. The molecule has 1 aromatic rings. The van der Waals surface area contributed by atoms with Crippen molar-refractivity contribution in [3.05, 3.63) is 29.8 Å². The average Bonchev–Trinajstić information content (AvgIpc) is 3.33. The van der Waals surface area contributed by atoms with Crippen LogP contribution in [0.2, 0.25) is 0 Å². The smallest absolute Gasteiger partial charge is 0.419 e. The van der Waals surface area contributed by atoms with Crippen LogP contribution in [0.1, 0.15) is 24.8 Å². The summed E-state index contributed by atoms with van der Waals surface area (Å²) in [5.41, 5.74) is -0.748. The molecule has 1 aromatic carbocycles. The van der Waals surface area contributed by atoms with E-state index in [4.69, 9.17) is 4.74 Å². The summed E-state index contributed by atoms with van der Waals surface area (Å²) in [5.74, 6) is 0.640. The van der Waals surface area contributed by atoms with Crippen LogP contribution in [-0.2, 0) is 6.18 Å². The van der Waals surface area contributed by atoms with Gasteiger partial charge in [0.1, 0.15) is 12.4 Å². The summed E-state index contributed by atoms with van der Waals surface area (Å²) < 4.78 is 44.3. The van der Waals surface area contributed by atoms with Crippen LogP contribution in [0.4, 0.5) is 13.2 Å². The van der Waals surface area contributed by atoms with Crippen molar-refractivity contribution in [2.45, 2.75) is 31.5 Å². The molecule has 0 saturated carbocycles. The fraction of sp³-hybridized carbons (Fsp3) is 0.632. The van der Waals surface area contributed by atoms with Gasteiger partial charge < -0.3 is 15.0 Å². The summed E-state index contributed by atoms with van der Waals surface area (Å²) >= 11 is 0. The van der Waals surface area contributed by atoms with Gasteiger partial charge in [-0.3, -0.25) is 9.89 Å². The van der Waals surface area contributed by atoms with Crippen molar-refractivity contribution in [3.8, 4) is 5.75 Å². The highest BCUT2D eigenvalue weighted by Gasteiger charge is 2.34. The van der Waals surface area contributed by atoms with Gasteiger partial charge in [-0.15, -0.1) is 24.0 Å². The van der Waals surface area contributed by atoms with Crippen molar-refractivity contribution in [1.82, 2.24) is 15.1 Å². The number of rotatable bonds is 5. The molecule has 28 heavy (non-hydrogen) atoms. The van der Waals surface area contributed by atoms with Crippen LogP contribution in [0.3, 0.4) is 0 Å². The number of nitrogens with one attached hydrogen (secondary N) is 1. The molecule has 1 atom stereocenters. The highest BCUT2D eigenvalue weighted by Crippen LogP contribution is 2.35. The maximum absolute atomic E-state index is 13.0. The SMILES string of the molecule is CN=C(NCCOc1ccccc1C(F)(F)F)N1CCC(N2CCCC2)C1.I. The first-order valence-corrected chi connectivity index (χ1v) is 9.47. The summed E-state index contributed by atoms with van der Waals surface area (Å²) in [6, 6.07) is 5.85. The minimum atomic E-state index is -4.42. The summed E-state index contributed by atoms with van der Waals surface area (Å²) in [6.07, 6.45) is -0.739. The minimum absolute atomic E-state index is 0. The van der Waals surface area contributed by atoms with Gasteiger partial charge in [0.25, 0.3) is 0 Å². The topological polar surface area (TPSA) is 40.1 Å². The van der Waals surface area contributed by atoms with Gasteiger partial charge in [-0.05, 0) is 44.5 Å². The van der Waals surface area contributed by atoms with Crippen LogP contribution in [0.5, 0.6) is 5.75 Å². The maximum atomic E-state index is 13.0. The van der Waals surface area contributed by atoms with Crippen molar-refractivity contribution in [2.24, 2.45) is 4.99 Å². The summed E-state index contributed by atoms with van der Waals surface area (Å²) in [5, 5.41) is 3.20. The van der Waals surface area contributed by atoms with Crippen molar-refractivity contribution in [2.75, 3.05) is 46.4 Å². The van der Waals surface area contributed by atoms with E-state index in [0.717, 1.165) is 31.5 Å². The number of ether oxygens (including phenoxy) is 1. The molecule has 0 spiro atoms. The van der Waals surface area contributed by atoms with Crippen molar-refractivity contribution < 1.29 is 17.9 Å². The standard InChI is InChI=1S/C19H27F3N4O.HI/c1-23-18(26-12-8-15(14-26)25-10-4-5-11-25)24-9-13-27-17-7-3-2-6-16(17)19(20,21)22;/h2-3,6-7,15H,4-5,8-14H2,1H3,(H,23,24);1H. The van der Waals surface area contributed by atoms with Crippen LogP contribution in [0.25, 0.3) is 0 Å². The Hall–Kier alpha value is -1.23. The monoisotopic (exact) mass is 512 g/mol. The molecular weight excluding hydrogens is 484 g/mol. The fourth-order valence-corrected chi connectivity index (χ4v) is 3.82. The second-order valence-corrected chi connectivity index (χ2v) is 6.95. The largest absolute Gasteiger partial charge is 0.491 e. The number of hydrogen-bond acceptors (Lipinski definition) is 3. The first-order chi connectivity index (χ1) is 13.0. The van der Waals surface area contributed by atoms with Gasteiger partial charge in [0.05, 0.1) is 12.1 Å². The van der Waals surface area contributed by atoms with E-state index in [9.17, 15) is 13.2 Å².